The topological polar surface area (TPSA) is 61.9 Å². The highest BCUT2D eigenvalue weighted by Gasteiger charge is 2.34. The first-order chi connectivity index (χ1) is 14.9. The third kappa shape index (κ3) is 5.58. The molecule has 0 fully saturated rings. The van der Waals surface area contributed by atoms with Gasteiger partial charge >= 0.3 is 6.03 Å². The van der Waals surface area contributed by atoms with Gasteiger partial charge < -0.3 is 19.9 Å². The molecule has 1 aromatic carbocycles. The number of benzene rings is 1. The molecule has 31 heavy (non-hydrogen) atoms. The lowest BCUT2D eigenvalue weighted by atomic mass is 10.00. The quantitative estimate of drug-likeness (QED) is 0.658. The van der Waals surface area contributed by atoms with Crippen molar-refractivity contribution in [1.82, 2.24) is 15.1 Å². The largest absolute Gasteiger partial charge is 0.491 e. The molecule has 1 atom stereocenters. The predicted octanol–water partition coefficient (Wildman–Crippen LogP) is 4.39. The summed E-state index contributed by atoms with van der Waals surface area (Å²) in [7, 11) is 0. The summed E-state index contributed by atoms with van der Waals surface area (Å²) in [5.41, 5.74) is 2.23. The summed E-state index contributed by atoms with van der Waals surface area (Å²) in [4.78, 5) is 30.7. The molecule has 1 unspecified atom stereocenters. The first-order valence-corrected chi connectivity index (χ1v) is 11.9. The van der Waals surface area contributed by atoms with Crippen LogP contribution >= 0.6 is 11.3 Å². The van der Waals surface area contributed by atoms with Crippen molar-refractivity contribution in [3.63, 3.8) is 0 Å². The Morgan fingerprint density at radius 2 is 2.06 bits per heavy atom. The van der Waals surface area contributed by atoms with Crippen LogP contribution in [0.15, 0.2) is 35.7 Å². The molecule has 0 aliphatic carbocycles. The molecule has 0 radical (unpaired) electrons. The van der Waals surface area contributed by atoms with E-state index in [1.54, 1.807) is 16.2 Å². The molecule has 0 saturated heterocycles. The minimum Gasteiger partial charge on any atom is -0.491 e. The van der Waals surface area contributed by atoms with Gasteiger partial charge in [-0.1, -0.05) is 25.1 Å². The number of ether oxygens (including phenoxy) is 1. The van der Waals surface area contributed by atoms with Gasteiger partial charge in [-0.2, -0.15) is 0 Å². The molecule has 2 aromatic rings. The van der Waals surface area contributed by atoms with Gasteiger partial charge in [0.2, 0.25) is 5.91 Å². The summed E-state index contributed by atoms with van der Waals surface area (Å²) >= 11 is 1.73. The predicted molar refractivity (Wildman–Crippen MR) is 125 cm³/mol. The molecule has 0 bridgehead atoms. The van der Waals surface area contributed by atoms with Crippen LogP contribution in [0, 0.1) is 6.92 Å². The molecule has 3 rings (SSSR count). The van der Waals surface area contributed by atoms with E-state index in [4.69, 9.17) is 4.74 Å². The van der Waals surface area contributed by atoms with Crippen LogP contribution in [0.3, 0.4) is 0 Å². The highest BCUT2D eigenvalue weighted by molar-refractivity contribution is 7.10. The molecule has 3 amide bonds. The van der Waals surface area contributed by atoms with E-state index in [2.05, 4.69) is 16.8 Å². The summed E-state index contributed by atoms with van der Waals surface area (Å²) in [6, 6.07) is 9.60. The van der Waals surface area contributed by atoms with Gasteiger partial charge in [0.1, 0.15) is 18.9 Å². The standard InChI is InChI=1S/C24H33N3O3S/c1-5-12-25-24(29)27(17(2)3)15-23(28)26-13-10-22-19(11-14-31-22)20(26)16-30-21-9-7-6-8-18(21)4/h6-9,11,14,17,20H,5,10,12-13,15-16H2,1-4H3,(H,25,29). The molecule has 0 saturated carbocycles. The van der Waals surface area contributed by atoms with Crippen LogP contribution in [-0.2, 0) is 11.2 Å². The number of hydrogen-bond acceptors (Lipinski definition) is 4. The summed E-state index contributed by atoms with van der Waals surface area (Å²) < 4.78 is 6.15. The van der Waals surface area contributed by atoms with Crippen molar-refractivity contribution in [2.45, 2.75) is 52.6 Å². The molecule has 168 valence electrons. The zero-order chi connectivity index (χ0) is 22.4. The van der Waals surface area contributed by atoms with Crippen LogP contribution < -0.4 is 10.1 Å². The van der Waals surface area contributed by atoms with Crippen molar-refractivity contribution in [2.75, 3.05) is 26.2 Å². The van der Waals surface area contributed by atoms with Gasteiger partial charge in [0.25, 0.3) is 0 Å². The summed E-state index contributed by atoms with van der Waals surface area (Å²) in [5, 5.41) is 4.97. The number of nitrogens with zero attached hydrogens (tertiary/aromatic N) is 2. The van der Waals surface area contributed by atoms with E-state index in [0.717, 1.165) is 29.7 Å². The fraction of sp³-hybridized carbons (Fsp3) is 0.500. The van der Waals surface area contributed by atoms with Gasteiger partial charge in [-0.25, -0.2) is 4.79 Å². The number of aryl methyl sites for hydroxylation is 1. The number of para-hydroxylation sites is 1. The van der Waals surface area contributed by atoms with Gasteiger partial charge in [-0.3, -0.25) is 4.79 Å². The second kappa shape index (κ2) is 10.7. The van der Waals surface area contributed by atoms with Gasteiger partial charge in [-0.15, -0.1) is 11.3 Å². The average molecular weight is 444 g/mol. The van der Waals surface area contributed by atoms with E-state index < -0.39 is 0 Å². The number of thiophene rings is 1. The molecule has 1 N–H and O–H groups in total. The first-order valence-electron chi connectivity index (χ1n) is 11.0. The fourth-order valence-corrected chi connectivity index (χ4v) is 4.75. The Hall–Kier alpha value is -2.54. The Balaban J connectivity index is 1.76. The Labute approximate surface area is 189 Å². The second-order valence-corrected chi connectivity index (χ2v) is 9.18. The monoisotopic (exact) mass is 443 g/mol. The molecular weight excluding hydrogens is 410 g/mol. The van der Waals surface area contributed by atoms with Crippen molar-refractivity contribution >= 4 is 23.3 Å². The minimum absolute atomic E-state index is 0.0458. The summed E-state index contributed by atoms with van der Waals surface area (Å²) in [5.74, 6) is 0.788. The van der Waals surface area contributed by atoms with Gasteiger partial charge in [-0.05, 0) is 62.3 Å². The number of carbonyl (C=O) groups excluding carboxylic acids is 2. The second-order valence-electron chi connectivity index (χ2n) is 8.18. The highest BCUT2D eigenvalue weighted by atomic mass is 32.1. The molecule has 7 heteroatoms. The number of hydrogen-bond donors (Lipinski definition) is 1. The van der Waals surface area contributed by atoms with E-state index in [-0.39, 0.29) is 30.6 Å². The molecule has 1 aliphatic heterocycles. The van der Waals surface area contributed by atoms with Crippen molar-refractivity contribution in [1.29, 1.82) is 0 Å². The maximum atomic E-state index is 13.4. The van der Waals surface area contributed by atoms with Gasteiger partial charge in [0.05, 0.1) is 6.04 Å². The molecule has 2 heterocycles. The lowest BCUT2D eigenvalue weighted by molar-refractivity contribution is -0.135. The third-order valence-electron chi connectivity index (χ3n) is 5.62. The van der Waals surface area contributed by atoms with Crippen LogP contribution in [-0.4, -0.2) is 54.0 Å². The van der Waals surface area contributed by atoms with E-state index >= 15 is 0 Å². The van der Waals surface area contributed by atoms with Crippen molar-refractivity contribution in [2.24, 2.45) is 0 Å². The lowest BCUT2D eigenvalue weighted by Gasteiger charge is -2.37. The number of fused-ring (bicyclic) bond motifs is 1. The van der Waals surface area contributed by atoms with E-state index in [1.807, 2.05) is 56.9 Å². The van der Waals surface area contributed by atoms with Crippen LogP contribution in [0.25, 0.3) is 0 Å². The van der Waals surface area contributed by atoms with E-state index in [1.165, 1.54) is 4.88 Å². The number of nitrogens with one attached hydrogen (secondary N) is 1. The summed E-state index contributed by atoms with van der Waals surface area (Å²) in [6.07, 6.45) is 1.69. The SMILES string of the molecule is CCCNC(=O)N(CC(=O)N1CCc2sccc2C1COc1ccccc1C)C(C)C. The zero-order valence-electron chi connectivity index (χ0n) is 18.9. The molecular formula is C24H33N3O3S. The smallest absolute Gasteiger partial charge is 0.318 e. The molecule has 1 aliphatic rings. The number of amides is 3. The Morgan fingerprint density at radius 3 is 2.77 bits per heavy atom. The molecule has 1 aromatic heterocycles. The van der Waals surface area contributed by atoms with Crippen molar-refractivity contribution in [3.8, 4) is 5.75 Å². The summed E-state index contributed by atoms with van der Waals surface area (Å²) in [6.45, 7) is 9.59. The number of rotatable bonds is 8. The van der Waals surface area contributed by atoms with Crippen LogP contribution in [0.2, 0.25) is 0 Å². The Morgan fingerprint density at radius 1 is 1.29 bits per heavy atom. The zero-order valence-corrected chi connectivity index (χ0v) is 19.7. The highest BCUT2D eigenvalue weighted by Crippen LogP contribution is 2.34. The van der Waals surface area contributed by atoms with Crippen LogP contribution in [0.4, 0.5) is 4.79 Å². The minimum atomic E-state index is -0.189. The van der Waals surface area contributed by atoms with Crippen LogP contribution in [0.1, 0.15) is 49.2 Å². The number of urea groups is 1. The van der Waals surface area contributed by atoms with Gasteiger partial charge in [0, 0.05) is 24.0 Å². The van der Waals surface area contributed by atoms with Gasteiger partial charge in [0.15, 0.2) is 0 Å². The van der Waals surface area contributed by atoms with Crippen molar-refractivity contribution in [3.05, 3.63) is 51.7 Å². The molecule has 6 nitrogen and oxygen atoms in total. The maximum Gasteiger partial charge on any atom is 0.318 e. The first kappa shape index (κ1) is 23.1. The molecule has 0 spiro atoms. The Kier molecular flexibility index (Phi) is 7.96. The van der Waals surface area contributed by atoms with Crippen LogP contribution in [0.5, 0.6) is 5.75 Å². The Bertz CT molecular complexity index is 896. The third-order valence-corrected chi connectivity index (χ3v) is 6.62. The fourth-order valence-electron chi connectivity index (χ4n) is 3.82. The number of carbonyl (C=O) groups is 2. The maximum absolute atomic E-state index is 13.4. The van der Waals surface area contributed by atoms with E-state index in [9.17, 15) is 9.59 Å². The normalized spacial score (nSPS) is 15.5. The lowest BCUT2D eigenvalue weighted by Crippen LogP contribution is -2.51. The average Bonchev–Trinajstić information content (AvgIpc) is 3.23. The van der Waals surface area contributed by atoms with Crippen molar-refractivity contribution < 1.29 is 14.3 Å². The van der Waals surface area contributed by atoms with E-state index in [0.29, 0.717) is 19.7 Å².